The number of carbonyl (C=O) groups is 2. The van der Waals surface area contributed by atoms with Crippen molar-refractivity contribution in [1.29, 1.82) is 0 Å². The number of halogens is 3. The van der Waals surface area contributed by atoms with Crippen molar-refractivity contribution in [2.75, 3.05) is 0 Å². The Morgan fingerprint density at radius 2 is 1.43 bits per heavy atom. The van der Waals surface area contributed by atoms with Gasteiger partial charge >= 0.3 is 6.18 Å². The number of benzene rings is 2. The van der Waals surface area contributed by atoms with Gasteiger partial charge in [-0.2, -0.15) is 13.2 Å². The van der Waals surface area contributed by atoms with Crippen molar-refractivity contribution in [2.45, 2.75) is 101 Å². The van der Waals surface area contributed by atoms with Crippen molar-refractivity contribution in [3.8, 4) is 0 Å². The van der Waals surface area contributed by atoms with Gasteiger partial charge < -0.3 is 10.2 Å². The van der Waals surface area contributed by atoms with Gasteiger partial charge in [-0.15, -0.1) is 0 Å². The third kappa shape index (κ3) is 4.94. The van der Waals surface area contributed by atoms with E-state index in [1.54, 1.807) is 4.90 Å². The average Bonchev–Trinajstić information content (AvgIpc) is 2.93. The van der Waals surface area contributed by atoms with E-state index in [1.165, 1.54) is 49.4 Å². The average molecular weight is 579 g/mol. The van der Waals surface area contributed by atoms with Crippen LogP contribution in [0.25, 0.3) is 0 Å². The zero-order chi connectivity index (χ0) is 29.3. The summed E-state index contributed by atoms with van der Waals surface area (Å²) in [5, 5.41) is 3.62. The van der Waals surface area contributed by atoms with Crippen molar-refractivity contribution >= 4 is 11.8 Å². The summed E-state index contributed by atoms with van der Waals surface area (Å²) in [6, 6.07) is 13.6. The van der Waals surface area contributed by atoms with Gasteiger partial charge in [0, 0.05) is 19.0 Å². The van der Waals surface area contributed by atoms with E-state index in [-0.39, 0.29) is 29.8 Å². The van der Waals surface area contributed by atoms with Crippen LogP contribution in [0.2, 0.25) is 0 Å². The van der Waals surface area contributed by atoms with E-state index in [4.69, 9.17) is 0 Å². The van der Waals surface area contributed by atoms with Gasteiger partial charge in [-0.3, -0.25) is 9.59 Å². The summed E-state index contributed by atoms with van der Waals surface area (Å²) >= 11 is 0. The van der Waals surface area contributed by atoms with E-state index in [9.17, 15) is 22.8 Å². The molecule has 8 rings (SSSR count). The van der Waals surface area contributed by atoms with Crippen LogP contribution in [0.15, 0.2) is 48.5 Å². The number of hydrogen-bond donors (Lipinski definition) is 1. The van der Waals surface area contributed by atoms with Crippen molar-refractivity contribution in [3.63, 3.8) is 0 Å². The third-order valence-electron chi connectivity index (χ3n) is 11.6. The molecule has 1 N–H and O–H groups in total. The van der Waals surface area contributed by atoms with Crippen LogP contribution in [-0.4, -0.2) is 27.8 Å². The fourth-order valence-corrected chi connectivity index (χ4v) is 10.1. The molecule has 224 valence electrons. The lowest BCUT2D eigenvalue weighted by atomic mass is 9.52. The minimum absolute atomic E-state index is 0.0381. The molecule has 2 aromatic carbocycles. The Morgan fingerprint density at radius 1 is 0.857 bits per heavy atom. The fourth-order valence-electron chi connectivity index (χ4n) is 10.1. The Morgan fingerprint density at radius 3 is 1.98 bits per heavy atom. The molecule has 6 aliphatic rings. The minimum Gasteiger partial charge on any atom is -0.349 e. The molecule has 0 aromatic heterocycles. The lowest BCUT2D eigenvalue weighted by Gasteiger charge is -2.58. The van der Waals surface area contributed by atoms with Crippen LogP contribution in [0, 0.1) is 29.6 Å². The zero-order valence-electron chi connectivity index (χ0n) is 24.4. The van der Waals surface area contributed by atoms with Gasteiger partial charge in [-0.25, -0.2) is 0 Å². The largest absolute Gasteiger partial charge is 0.416 e. The molecular formula is C35H41F3N2O2. The fraction of sp³-hybridized carbons (Fsp3) is 0.600. The quantitative estimate of drug-likeness (QED) is 0.412. The standard InChI is InChI=1S/C35H41F3N2O2/c1-22(41)40(21-23-6-8-31(9-7-23)35(36,37)38)34(11-10-29-15-27-4-2-3-5-28(27)16-30(29)20-34)32(42)39-33-17-24-12-25(18-33)14-26(13-24)19-33/h2-9,24-26,29-30H,10-21H2,1H3,(H,39,42)/t24?,25?,26?,29-,30+,33?,34+/m0/s1. The Bertz CT molecular complexity index is 1330. The Labute approximate surface area is 246 Å². The molecule has 0 saturated heterocycles. The van der Waals surface area contributed by atoms with E-state index < -0.39 is 17.3 Å². The van der Waals surface area contributed by atoms with Crippen LogP contribution in [0.3, 0.4) is 0 Å². The minimum atomic E-state index is -4.42. The molecular weight excluding hydrogens is 537 g/mol. The molecule has 0 radical (unpaired) electrons. The molecule has 0 unspecified atom stereocenters. The second-order valence-electron chi connectivity index (χ2n) is 14.4. The number of amides is 2. The molecule has 3 atom stereocenters. The zero-order valence-corrected chi connectivity index (χ0v) is 24.4. The Hall–Kier alpha value is -2.83. The highest BCUT2D eigenvalue weighted by molar-refractivity contribution is 5.91. The summed E-state index contributed by atoms with van der Waals surface area (Å²) in [5.74, 6) is 2.51. The normalized spacial score (nSPS) is 34.8. The number of rotatable bonds is 5. The Balaban J connectivity index is 1.22. The van der Waals surface area contributed by atoms with Gasteiger partial charge in [-0.05, 0) is 129 Å². The van der Waals surface area contributed by atoms with Crippen LogP contribution < -0.4 is 5.32 Å². The van der Waals surface area contributed by atoms with Crippen molar-refractivity contribution in [2.24, 2.45) is 29.6 Å². The maximum absolute atomic E-state index is 14.8. The number of hydrogen-bond acceptors (Lipinski definition) is 2. The lowest BCUT2D eigenvalue weighted by molar-refractivity contribution is -0.156. The van der Waals surface area contributed by atoms with E-state index in [0.29, 0.717) is 42.1 Å². The number of nitrogens with one attached hydrogen (secondary N) is 1. The second kappa shape index (κ2) is 10.1. The number of carbonyl (C=O) groups excluding carboxylic acids is 2. The van der Waals surface area contributed by atoms with Gasteiger partial charge in [0.2, 0.25) is 11.8 Å². The van der Waals surface area contributed by atoms with Crippen LogP contribution >= 0.6 is 0 Å². The van der Waals surface area contributed by atoms with E-state index in [2.05, 4.69) is 29.6 Å². The molecule has 0 aliphatic heterocycles. The molecule has 7 heteroatoms. The monoisotopic (exact) mass is 578 g/mol. The molecule has 4 bridgehead atoms. The van der Waals surface area contributed by atoms with Crippen molar-refractivity contribution in [3.05, 3.63) is 70.8 Å². The first-order valence-electron chi connectivity index (χ1n) is 15.9. The molecule has 6 aliphatic carbocycles. The first-order chi connectivity index (χ1) is 20.0. The number of alkyl halides is 3. The first-order valence-corrected chi connectivity index (χ1v) is 15.9. The summed E-state index contributed by atoms with van der Waals surface area (Å²) in [4.78, 5) is 30.0. The van der Waals surface area contributed by atoms with E-state index in [0.717, 1.165) is 50.7 Å². The van der Waals surface area contributed by atoms with Crippen molar-refractivity contribution in [1.82, 2.24) is 10.2 Å². The number of fused-ring (bicyclic) bond motifs is 2. The molecule has 5 saturated carbocycles. The van der Waals surface area contributed by atoms with Gasteiger partial charge in [0.25, 0.3) is 0 Å². The van der Waals surface area contributed by atoms with Gasteiger partial charge in [0.15, 0.2) is 0 Å². The molecule has 2 aromatic rings. The van der Waals surface area contributed by atoms with Gasteiger partial charge in [0.1, 0.15) is 5.54 Å². The van der Waals surface area contributed by atoms with Crippen LogP contribution in [0.4, 0.5) is 13.2 Å². The van der Waals surface area contributed by atoms with Crippen LogP contribution in [0.1, 0.15) is 87.0 Å². The predicted molar refractivity (Wildman–Crippen MR) is 154 cm³/mol. The smallest absolute Gasteiger partial charge is 0.349 e. The second-order valence-corrected chi connectivity index (χ2v) is 14.4. The molecule has 2 amide bonds. The summed E-state index contributed by atoms with van der Waals surface area (Å²) in [5.41, 5.74) is 1.40. The van der Waals surface area contributed by atoms with Gasteiger partial charge in [-0.1, -0.05) is 36.4 Å². The van der Waals surface area contributed by atoms with E-state index in [1.807, 2.05) is 0 Å². The maximum Gasteiger partial charge on any atom is 0.416 e. The van der Waals surface area contributed by atoms with Crippen LogP contribution in [0.5, 0.6) is 0 Å². The molecule has 5 fully saturated rings. The summed E-state index contributed by atoms with van der Waals surface area (Å²) in [7, 11) is 0. The first kappa shape index (κ1) is 28.0. The topological polar surface area (TPSA) is 49.4 Å². The number of nitrogens with zero attached hydrogens (tertiary/aromatic N) is 1. The highest BCUT2D eigenvalue weighted by atomic mass is 19.4. The summed E-state index contributed by atoms with van der Waals surface area (Å²) < 4.78 is 39.8. The molecule has 42 heavy (non-hydrogen) atoms. The lowest BCUT2D eigenvalue weighted by Crippen LogP contribution is -2.68. The highest BCUT2D eigenvalue weighted by Crippen LogP contribution is 2.56. The van der Waals surface area contributed by atoms with Gasteiger partial charge in [0.05, 0.1) is 5.56 Å². The maximum atomic E-state index is 14.8. The molecule has 4 nitrogen and oxygen atoms in total. The predicted octanol–water partition coefficient (Wildman–Crippen LogP) is 7.09. The summed E-state index contributed by atoms with van der Waals surface area (Å²) in [6.45, 7) is 1.63. The van der Waals surface area contributed by atoms with Crippen LogP contribution in [-0.2, 0) is 35.2 Å². The Kier molecular flexibility index (Phi) is 6.74. The molecule has 0 spiro atoms. The SMILES string of the molecule is CC(=O)N(Cc1ccc(C(F)(F)F)cc1)[C@]1(C(=O)NC23CC4CC(CC(C4)C2)C3)CC[C@H]2Cc3ccccc3C[C@@H]2C1. The third-order valence-corrected chi connectivity index (χ3v) is 11.6. The molecule has 0 heterocycles. The van der Waals surface area contributed by atoms with E-state index >= 15 is 0 Å². The summed E-state index contributed by atoms with van der Waals surface area (Å²) in [6.07, 6.45) is 6.38. The van der Waals surface area contributed by atoms with Crippen molar-refractivity contribution < 1.29 is 22.8 Å². The highest BCUT2D eigenvalue weighted by Gasteiger charge is 2.56.